The first-order valence-electron chi connectivity index (χ1n) is 19.2. The smallest absolute Gasteiger partial charge is 0.416 e. The zero-order valence-electron chi connectivity index (χ0n) is 31.7. The Morgan fingerprint density at radius 2 is 1.65 bits per heavy atom. The third kappa shape index (κ3) is 8.68. The van der Waals surface area contributed by atoms with Crippen molar-refractivity contribution >= 4 is 34.2 Å². The maximum Gasteiger partial charge on any atom is 0.416 e. The summed E-state index contributed by atoms with van der Waals surface area (Å²) in [6.45, 7) is 2.09. The van der Waals surface area contributed by atoms with Crippen molar-refractivity contribution in [2.75, 3.05) is 45.2 Å². The van der Waals surface area contributed by atoms with E-state index in [1.54, 1.807) is 24.2 Å². The summed E-state index contributed by atoms with van der Waals surface area (Å²) >= 11 is 0. The summed E-state index contributed by atoms with van der Waals surface area (Å²) in [5.74, 6) is -1.96. The van der Waals surface area contributed by atoms with E-state index < -0.39 is 47.1 Å². The van der Waals surface area contributed by atoms with Gasteiger partial charge in [-0.25, -0.2) is 8.78 Å². The summed E-state index contributed by atoms with van der Waals surface area (Å²) in [5.41, 5.74) is 0.603. The molecule has 15 heteroatoms. The van der Waals surface area contributed by atoms with E-state index in [9.17, 15) is 36.7 Å². The number of pyridine rings is 1. The molecular formula is C42H44F5N5O5. The number of fused-ring (bicyclic) bond motifs is 1. The standard InChI is InChI=1S/C42H44F5N5O5/c1-50-22-33(31-20-27(43)3-5-30(31)41(50)56)26-18-35(44)32(37(19-26)57-2)17-24-9-13-51(14-10-24)23-39(54)52-15-11-25(12-16-52)29-6-4-28(21-34(29)42(45,46)47)48-36-7-8-38(53)49-40(36)55/h3-6,18-22,24-25,36,48H,7-17,23H2,1-2H3,(H,49,53,55). The Morgan fingerprint density at radius 3 is 2.33 bits per heavy atom. The number of aryl methyl sites for hydroxylation is 1. The molecule has 10 nitrogen and oxygen atoms in total. The van der Waals surface area contributed by atoms with Gasteiger partial charge < -0.3 is 19.5 Å². The van der Waals surface area contributed by atoms with Crippen LogP contribution in [-0.2, 0) is 34.0 Å². The van der Waals surface area contributed by atoms with Crippen LogP contribution in [0.4, 0.5) is 27.6 Å². The Kier molecular flexibility index (Phi) is 11.4. The van der Waals surface area contributed by atoms with Crippen molar-refractivity contribution in [3.8, 4) is 16.9 Å². The normalized spacial score (nSPS) is 18.9. The molecule has 57 heavy (non-hydrogen) atoms. The molecule has 0 aliphatic carbocycles. The van der Waals surface area contributed by atoms with Gasteiger partial charge in [0, 0.05) is 55.0 Å². The zero-order chi connectivity index (χ0) is 40.6. The summed E-state index contributed by atoms with van der Waals surface area (Å²) in [6, 6.07) is 10.2. The first-order valence-corrected chi connectivity index (χ1v) is 19.2. The summed E-state index contributed by atoms with van der Waals surface area (Å²) in [4.78, 5) is 53.4. The number of nitrogens with zero attached hydrogens (tertiary/aromatic N) is 3. The maximum atomic E-state index is 15.8. The second-order valence-corrected chi connectivity index (χ2v) is 15.3. The molecule has 1 atom stereocenters. The third-order valence-electron chi connectivity index (χ3n) is 11.6. The molecule has 7 rings (SSSR count). The number of likely N-dealkylation sites (tertiary alicyclic amines) is 2. The summed E-state index contributed by atoms with van der Waals surface area (Å²) < 4.78 is 79.8. The fourth-order valence-electron chi connectivity index (χ4n) is 8.46. The van der Waals surface area contributed by atoms with E-state index >= 15 is 4.39 Å². The molecule has 0 bridgehead atoms. The van der Waals surface area contributed by atoms with Gasteiger partial charge in [0.1, 0.15) is 23.4 Å². The van der Waals surface area contributed by atoms with Crippen LogP contribution in [0.5, 0.6) is 5.75 Å². The second-order valence-electron chi connectivity index (χ2n) is 15.3. The zero-order valence-corrected chi connectivity index (χ0v) is 31.7. The van der Waals surface area contributed by atoms with Gasteiger partial charge in [-0.2, -0.15) is 13.2 Å². The monoisotopic (exact) mass is 793 g/mol. The number of carbonyl (C=O) groups excluding carboxylic acids is 3. The summed E-state index contributed by atoms with van der Waals surface area (Å²) in [6.07, 6.45) is -0.170. The number of anilines is 1. The number of methoxy groups -OCH3 is 1. The highest BCUT2D eigenvalue weighted by Crippen LogP contribution is 2.41. The molecule has 0 saturated carbocycles. The molecule has 3 aliphatic rings. The minimum atomic E-state index is -4.63. The number of imide groups is 1. The van der Waals surface area contributed by atoms with E-state index in [1.165, 1.54) is 48.1 Å². The highest BCUT2D eigenvalue weighted by atomic mass is 19.4. The van der Waals surface area contributed by atoms with Gasteiger partial charge in [0.2, 0.25) is 17.7 Å². The number of alkyl halides is 3. The molecule has 4 heterocycles. The lowest BCUT2D eigenvalue weighted by Crippen LogP contribution is -2.47. The van der Waals surface area contributed by atoms with Gasteiger partial charge in [0.05, 0.1) is 19.2 Å². The van der Waals surface area contributed by atoms with Crippen molar-refractivity contribution in [3.63, 3.8) is 0 Å². The number of amides is 3. The molecule has 3 fully saturated rings. The number of piperidine rings is 3. The van der Waals surface area contributed by atoms with Crippen LogP contribution in [-0.4, -0.2) is 78.0 Å². The van der Waals surface area contributed by atoms with Crippen molar-refractivity contribution in [1.82, 2.24) is 19.7 Å². The van der Waals surface area contributed by atoms with E-state index in [0.717, 1.165) is 18.9 Å². The number of halogens is 5. The number of aromatic nitrogens is 1. The van der Waals surface area contributed by atoms with Crippen molar-refractivity contribution < 1.29 is 41.1 Å². The lowest BCUT2D eigenvalue weighted by atomic mass is 9.86. The number of rotatable bonds is 9. The van der Waals surface area contributed by atoms with Crippen LogP contribution in [0.2, 0.25) is 0 Å². The van der Waals surface area contributed by atoms with Gasteiger partial charge in [0.15, 0.2) is 0 Å². The van der Waals surface area contributed by atoms with Crippen LogP contribution < -0.4 is 20.9 Å². The average molecular weight is 794 g/mol. The Balaban J connectivity index is 0.934. The number of hydrogen-bond donors (Lipinski definition) is 2. The van der Waals surface area contributed by atoms with Crippen LogP contribution in [0, 0.1) is 17.6 Å². The van der Waals surface area contributed by atoms with E-state index in [4.69, 9.17) is 4.74 Å². The SMILES string of the molecule is COc1cc(-c2cn(C)c(=O)c3ccc(F)cc23)cc(F)c1CC1CCN(CC(=O)N2CCC(c3ccc(NC4CCC(=O)NC4=O)cc3C(F)(F)F)CC2)CC1. The molecule has 1 aromatic heterocycles. The molecule has 3 amide bonds. The maximum absolute atomic E-state index is 15.8. The average Bonchev–Trinajstić information content (AvgIpc) is 3.18. The first kappa shape index (κ1) is 39.9. The van der Waals surface area contributed by atoms with Gasteiger partial charge in [0.25, 0.3) is 5.56 Å². The van der Waals surface area contributed by atoms with E-state index in [2.05, 4.69) is 15.5 Å². The van der Waals surface area contributed by atoms with Gasteiger partial charge in [-0.05, 0) is 122 Å². The number of benzene rings is 3. The quantitative estimate of drug-likeness (QED) is 0.149. The third-order valence-corrected chi connectivity index (χ3v) is 11.6. The van der Waals surface area contributed by atoms with Crippen LogP contribution in [0.15, 0.2) is 59.5 Å². The van der Waals surface area contributed by atoms with Crippen molar-refractivity contribution in [1.29, 1.82) is 0 Å². The lowest BCUT2D eigenvalue weighted by Gasteiger charge is -2.36. The molecule has 0 radical (unpaired) electrons. The van der Waals surface area contributed by atoms with Crippen LogP contribution in [0.3, 0.4) is 0 Å². The van der Waals surface area contributed by atoms with Crippen molar-refractivity contribution in [3.05, 3.63) is 93.4 Å². The largest absolute Gasteiger partial charge is 0.496 e. The lowest BCUT2D eigenvalue weighted by molar-refractivity contribution is -0.139. The summed E-state index contributed by atoms with van der Waals surface area (Å²) in [7, 11) is 3.05. The predicted molar refractivity (Wildman–Crippen MR) is 204 cm³/mol. The minimum absolute atomic E-state index is 0.0825. The van der Waals surface area contributed by atoms with Crippen LogP contribution in [0.1, 0.15) is 61.1 Å². The molecule has 1 unspecified atom stereocenters. The fourth-order valence-corrected chi connectivity index (χ4v) is 8.46. The number of carbonyl (C=O) groups is 3. The molecule has 3 aliphatic heterocycles. The molecule has 302 valence electrons. The van der Waals surface area contributed by atoms with Gasteiger partial charge >= 0.3 is 6.18 Å². The fraction of sp³-hybridized carbons (Fsp3) is 0.429. The first-order chi connectivity index (χ1) is 27.2. The van der Waals surface area contributed by atoms with Gasteiger partial charge in [-0.3, -0.25) is 29.4 Å². The molecule has 2 N–H and O–H groups in total. The van der Waals surface area contributed by atoms with Gasteiger partial charge in [-0.1, -0.05) is 6.07 Å². The highest BCUT2D eigenvalue weighted by molar-refractivity contribution is 6.01. The number of ether oxygens (including phenoxy) is 1. The molecule has 4 aromatic rings. The summed E-state index contributed by atoms with van der Waals surface area (Å²) in [5, 5.41) is 5.72. The number of hydrogen-bond acceptors (Lipinski definition) is 7. The molecule has 3 saturated heterocycles. The van der Waals surface area contributed by atoms with E-state index in [-0.39, 0.29) is 48.0 Å². The van der Waals surface area contributed by atoms with Crippen molar-refractivity contribution in [2.24, 2.45) is 13.0 Å². The van der Waals surface area contributed by atoms with E-state index in [0.29, 0.717) is 78.7 Å². The topological polar surface area (TPSA) is 113 Å². The molecule has 3 aromatic carbocycles. The molecule has 0 spiro atoms. The van der Waals surface area contributed by atoms with Crippen LogP contribution >= 0.6 is 0 Å². The van der Waals surface area contributed by atoms with E-state index in [1.807, 2.05) is 0 Å². The minimum Gasteiger partial charge on any atom is -0.496 e. The second kappa shape index (κ2) is 16.3. The van der Waals surface area contributed by atoms with Crippen LogP contribution in [0.25, 0.3) is 21.9 Å². The predicted octanol–water partition coefficient (Wildman–Crippen LogP) is 6.39. The number of nitrogens with one attached hydrogen (secondary N) is 2. The Hall–Kier alpha value is -5.31. The highest BCUT2D eigenvalue weighted by Gasteiger charge is 2.38. The Labute approximate surface area is 326 Å². The van der Waals surface area contributed by atoms with Gasteiger partial charge in [-0.15, -0.1) is 0 Å². The molecular weight excluding hydrogens is 749 g/mol. The van der Waals surface area contributed by atoms with Crippen molar-refractivity contribution in [2.45, 2.75) is 63.1 Å². The Morgan fingerprint density at radius 1 is 0.912 bits per heavy atom. The Bertz CT molecular complexity index is 2260.